The molecule has 0 rings (SSSR count). The molecule has 0 aliphatic heterocycles. The quantitative estimate of drug-likeness (QED) is 0.588. The summed E-state index contributed by atoms with van der Waals surface area (Å²) in [4.78, 5) is 31.9. The first-order valence-electron chi connectivity index (χ1n) is 4.65. The van der Waals surface area contributed by atoms with Gasteiger partial charge < -0.3 is 15.5 Å². The summed E-state index contributed by atoms with van der Waals surface area (Å²) >= 11 is 1.19. The zero-order valence-electron chi connectivity index (χ0n) is 9.10. The minimum atomic E-state index is -1.12. The van der Waals surface area contributed by atoms with E-state index in [-0.39, 0.29) is 5.75 Å². The zero-order valence-corrected chi connectivity index (χ0v) is 9.91. The Morgan fingerprint density at radius 3 is 2.12 bits per heavy atom. The summed E-state index contributed by atoms with van der Waals surface area (Å²) < 4.78 is 0. The predicted octanol–water partition coefficient (Wildman–Crippen LogP) is 0.0296. The number of amides is 1. The standard InChI is InChI=1S/C9H15NO5S/c1-5(8(12)13)3-16-4-7(9(14)15)10-6(2)11/h5,7H,3-4H2,1-2H3,(H,10,11)(H,12,13)(H,14,15)/t5-,7-/m0/s1. The van der Waals surface area contributed by atoms with E-state index in [9.17, 15) is 14.4 Å². The normalized spacial score (nSPS) is 13.9. The summed E-state index contributed by atoms with van der Waals surface area (Å²) in [5, 5.41) is 19.6. The third-order valence-electron chi connectivity index (χ3n) is 1.75. The lowest BCUT2D eigenvalue weighted by Crippen LogP contribution is -2.41. The van der Waals surface area contributed by atoms with Gasteiger partial charge in [-0.05, 0) is 0 Å². The highest BCUT2D eigenvalue weighted by Crippen LogP contribution is 2.10. The first kappa shape index (κ1) is 14.8. The molecule has 0 fully saturated rings. The molecule has 0 saturated carbocycles. The van der Waals surface area contributed by atoms with Crippen molar-refractivity contribution in [1.82, 2.24) is 5.32 Å². The SMILES string of the molecule is CC(=O)N[C@@H](CSC[C@H](C)C(=O)O)C(=O)O. The van der Waals surface area contributed by atoms with Gasteiger partial charge in [-0.1, -0.05) is 6.92 Å². The number of hydrogen-bond donors (Lipinski definition) is 3. The van der Waals surface area contributed by atoms with Crippen molar-refractivity contribution in [3.8, 4) is 0 Å². The van der Waals surface area contributed by atoms with Gasteiger partial charge in [0.15, 0.2) is 0 Å². The summed E-state index contributed by atoms with van der Waals surface area (Å²) in [6.45, 7) is 2.78. The van der Waals surface area contributed by atoms with Crippen LogP contribution >= 0.6 is 11.8 Å². The number of hydrogen-bond acceptors (Lipinski definition) is 4. The smallest absolute Gasteiger partial charge is 0.327 e. The van der Waals surface area contributed by atoms with Crippen molar-refractivity contribution in [2.75, 3.05) is 11.5 Å². The van der Waals surface area contributed by atoms with Gasteiger partial charge in [-0.2, -0.15) is 11.8 Å². The molecular weight excluding hydrogens is 234 g/mol. The highest BCUT2D eigenvalue weighted by Gasteiger charge is 2.19. The highest BCUT2D eigenvalue weighted by atomic mass is 32.2. The average Bonchev–Trinajstić information content (AvgIpc) is 2.14. The monoisotopic (exact) mass is 249 g/mol. The van der Waals surface area contributed by atoms with E-state index in [1.54, 1.807) is 6.92 Å². The van der Waals surface area contributed by atoms with Crippen LogP contribution in [0.25, 0.3) is 0 Å². The van der Waals surface area contributed by atoms with E-state index in [0.717, 1.165) is 0 Å². The molecule has 6 nitrogen and oxygen atoms in total. The second-order valence-corrected chi connectivity index (χ2v) is 4.44. The molecule has 0 aromatic heterocycles. The van der Waals surface area contributed by atoms with Crippen molar-refractivity contribution < 1.29 is 24.6 Å². The summed E-state index contributed by atoms with van der Waals surface area (Å²) in [7, 11) is 0. The Morgan fingerprint density at radius 1 is 1.19 bits per heavy atom. The van der Waals surface area contributed by atoms with Gasteiger partial charge in [0.05, 0.1) is 5.92 Å². The van der Waals surface area contributed by atoms with E-state index in [1.807, 2.05) is 0 Å². The summed E-state index contributed by atoms with van der Waals surface area (Å²) in [6, 6.07) is -0.969. The minimum absolute atomic E-state index is 0.159. The van der Waals surface area contributed by atoms with E-state index >= 15 is 0 Å². The second kappa shape index (κ2) is 7.10. The van der Waals surface area contributed by atoms with Crippen molar-refractivity contribution in [2.45, 2.75) is 19.9 Å². The number of rotatable bonds is 7. The van der Waals surface area contributed by atoms with E-state index in [0.29, 0.717) is 5.75 Å². The van der Waals surface area contributed by atoms with Crippen LogP contribution in [0.5, 0.6) is 0 Å². The molecule has 7 heteroatoms. The van der Waals surface area contributed by atoms with Crippen LogP contribution < -0.4 is 5.32 Å². The molecule has 0 aromatic rings. The minimum Gasteiger partial charge on any atom is -0.481 e. The lowest BCUT2D eigenvalue weighted by Gasteiger charge is -2.13. The Bertz CT molecular complexity index is 281. The Morgan fingerprint density at radius 2 is 1.75 bits per heavy atom. The first-order valence-corrected chi connectivity index (χ1v) is 5.80. The maximum atomic E-state index is 10.7. The molecule has 0 aliphatic carbocycles. The van der Waals surface area contributed by atoms with Crippen molar-refractivity contribution in [3.05, 3.63) is 0 Å². The molecule has 0 heterocycles. The molecule has 92 valence electrons. The Kier molecular flexibility index (Phi) is 6.55. The molecule has 0 unspecified atom stereocenters. The van der Waals surface area contributed by atoms with Crippen LogP contribution in [0.3, 0.4) is 0 Å². The van der Waals surface area contributed by atoms with Gasteiger partial charge >= 0.3 is 11.9 Å². The lowest BCUT2D eigenvalue weighted by atomic mass is 10.2. The van der Waals surface area contributed by atoms with Crippen LogP contribution in [-0.4, -0.2) is 45.6 Å². The van der Waals surface area contributed by atoms with Crippen LogP contribution in [-0.2, 0) is 14.4 Å². The maximum Gasteiger partial charge on any atom is 0.327 e. The van der Waals surface area contributed by atoms with Gasteiger partial charge in [-0.3, -0.25) is 9.59 Å². The number of thioether (sulfide) groups is 1. The van der Waals surface area contributed by atoms with E-state index in [2.05, 4.69) is 5.32 Å². The molecule has 0 spiro atoms. The van der Waals surface area contributed by atoms with Gasteiger partial charge in [0.2, 0.25) is 5.91 Å². The molecule has 0 saturated heterocycles. The maximum absolute atomic E-state index is 10.7. The van der Waals surface area contributed by atoms with Crippen LogP contribution in [0.15, 0.2) is 0 Å². The third kappa shape index (κ3) is 6.28. The Hall–Kier alpha value is -1.24. The molecule has 0 radical (unpaired) electrons. The van der Waals surface area contributed by atoms with Crippen LogP contribution in [0.2, 0.25) is 0 Å². The van der Waals surface area contributed by atoms with Crippen molar-refractivity contribution >= 4 is 29.6 Å². The number of carbonyl (C=O) groups excluding carboxylic acids is 1. The molecular formula is C9H15NO5S. The van der Waals surface area contributed by atoms with E-state index < -0.39 is 29.8 Å². The fourth-order valence-corrected chi connectivity index (χ4v) is 1.95. The number of nitrogens with one attached hydrogen (secondary N) is 1. The number of aliphatic carboxylic acids is 2. The van der Waals surface area contributed by atoms with E-state index in [1.165, 1.54) is 18.7 Å². The molecule has 3 N–H and O–H groups in total. The van der Waals surface area contributed by atoms with Crippen molar-refractivity contribution in [1.29, 1.82) is 0 Å². The third-order valence-corrected chi connectivity index (χ3v) is 3.05. The molecule has 16 heavy (non-hydrogen) atoms. The summed E-state index contributed by atoms with van der Waals surface area (Å²) in [5.41, 5.74) is 0. The lowest BCUT2D eigenvalue weighted by molar-refractivity contribution is -0.141. The van der Waals surface area contributed by atoms with Gasteiger partial charge in [-0.25, -0.2) is 4.79 Å². The number of carbonyl (C=O) groups is 3. The molecule has 0 aromatic carbocycles. The van der Waals surface area contributed by atoms with Crippen LogP contribution in [0, 0.1) is 5.92 Å². The van der Waals surface area contributed by atoms with Gasteiger partial charge in [0.25, 0.3) is 0 Å². The zero-order chi connectivity index (χ0) is 12.7. The largest absolute Gasteiger partial charge is 0.481 e. The molecule has 1 amide bonds. The van der Waals surface area contributed by atoms with Gasteiger partial charge in [0, 0.05) is 18.4 Å². The van der Waals surface area contributed by atoms with Crippen LogP contribution in [0.1, 0.15) is 13.8 Å². The fourth-order valence-electron chi connectivity index (χ4n) is 0.854. The Balaban J connectivity index is 3.99. The van der Waals surface area contributed by atoms with E-state index in [4.69, 9.17) is 10.2 Å². The van der Waals surface area contributed by atoms with Crippen LogP contribution in [0.4, 0.5) is 0 Å². The molecule has 2 atom stereocenters. The van der Waals surface area contributed by atoms with Crippen molar-refractivity contribution in [3.63, 3.8) is 0 Å². The summed E-state index contributed by atoms with van der Waals surface area (Å²) in [6.07, 6.45) is 0. The topological polar surface area (TPSA) is 104 Å². The van der Waals surface area contributed by atoms with Gasteiger partial charge in [-0.15, -0.1) is 0 Å². The number of carboxylic acid groups (broad SMARTS) is 2. The Labute approximate surface area is 97.4 Å². The second-order valence-electron chi connectivity index (χ2n) is 3.37. The summed E-state index contributed by atoms with van der Waals surface area (Å²) in [5.74, 6) is -2.51. The van der Waals surface area contributed by atoms with Gasteiger partial charge in [0.1, 0.15) is 6.04 Å². The molecule has 0 bridgehead atoms. The predicted molar refractivity (Wildman–Crippen MR) is 59.4 cm³/mol. The highest BCUT2D eigenvalue weighted by molar-refractivity contribution is 7.99. The average molecular weight is 249 g/mol. The fraction of sp³-hybridized carbons (Fsp3) is 0.667. The first-order chi connectivity index (χ1) is 7.34. The number of carboxylic acids is 2. The molecule has 0 aliphatic rings. The van der Waals surface area contributed by atoms with Crippen molar-refractivity contribution in [2.24, 2.45) is 5.92 Å².